The van der Waals surface area contributed by atoms with E-state index in [-0.39, 0.29) is 58.5 Å². The van der Waals surface area contributed by atoms with Crippen LogP contribution in [-0.2, 0) is 24.8 Å². The van der Waals surface area contributed by atoms with Crippen molar-refractivity contribution >= 4 is 31.6 Å². The molecule has 0 radical (unpaired) electrons. The predicted octanol–water partition coefficient (Wildman–Crippen LogP) is 4.92. The van der Waals surface area contributed by atoms with Crippen molar-refractivity contribution in [2.75, 3.05) is 45.2 Å². The van der Waals surface area contributed by atoms with Crippen molar-refractivity contribution in [2.45, 2.75) is 75.0 Å². The van der Waals surface area contributed by atoms with Gasteiger partial charge in [-0.3, -0.25) is 9.52 Å². The number of methoxy groups -OCH3 is 1. The second-order valence-corrected chi connectivity index (χ2v) is 16.6. The number of carbonyl (C=O) groups excluding carboxylic acids is 1. The van der Waals surface area contributed by atoms with E-state index in [1.54, 1.807) is 55.5 Å². The first-order valence-electron chi connectivity index (χ1n) is 16.7. The molecule has 0 bridgehead atoms. The van der Waals surface area contributed by atoms with Crippen LogP contribution in [0.1, 0.15) is 56.0 Å². The summed E-state index contributed by atoms with van der Waals surface area (Å²) in [7, 11) is -4.84. The molecule has 0 unspecified atom stereocenters. The predicted molar refractivity (Wildman–Crippen MR) is 192 cm³/mol. The molecule has 0 fully saturated rings. The Bertz CT molecular complexity index is 1800. The highest BCUT2D eigenvalue weighted by Gasteiger charge is 2.32. The number of rotatable bonds is 10. The number of benzene rings is 3. The lowest BCUT2D eigenvalue weighted by Gasteiger charge is -2.35. The lowest BCUT2D eigenvalue weighted by atomic mass is 10.0. The number of likely N-dealkylation sites (N-methyl/N-ethyl adjacent to an activating group) is 1. The summed E-state index contributed by atoms with van der Waals surface area (Å²) in [5.74, 6) is -0.0627. The van der Waals surface area contributed by atoms with Gasteiger partial charge in [0.25, 0.3) is 15.9 Å². The first-order valence-corrected chi connectivity index (χ1v) is 19.6. The third-order valence-corrected chi connectivity index (χ3v) is 12.1. The molecule has 4 rings (SSSR count). The quantitative estimate of drug-likeness (QED) is 0.296. The zero-order chi connectivity index (χ0) is 36.6. The molecule has 1 amide bonds. The fraction of sp³-hybridized carbons (Fsp3) is 0.472. The second-order valence-electron chi connectivity index (χ2n) is 12.9. The van der Waals surface area contributed by atoms with Crippen LogP contribution in [0, 0.1) is 12.8 Å². The number of anilines is 1. The summed E-state index contributed by atoms with van der Waals surface area (Å²) >= 11 is 0. The Morgan fingerprint density at radius 2 is 1.66 bits per heavy atom. The molecular weight excluding hydrogens is 683 g/mol. The molecular formula is C36H49N3O9S2. The van der Waals surface area contributed by atoms with Crippen LogP contribution in [0.5, 0.6) is 11.5 Å². The van der Waals surface area contributed by atoms with Gasteiger partial charge in [-0.1, -0.05) is 24.6 Å². The fourth-order valence-electron chi connectivity index (χ4n) is 5.66. The van der Waals surface area contributed by atoms with Crippen LogP contribution in [0.15, 0.2) is 76.5 Å². The molecule has 1 aliphatic rings. The Balaban J connectivity index is 1.67. The van der Waals surface area contributed by atoms with E-state index in [9.17, 15) is 26.7 Å². The average molecular weight is 732 g/mol. The maximum absolute atomic E-state index is 14.4. The zero-order valence-electron chi connectivity index (χ0n) is 29.5. The average Bonchev–Trinajstić information content (AvgIpc) is 3.09. The fourth-order valence-corrected chi connectivity index (χ4v) is 7.89. The first-order chi connectivity index (χ1) is 23.7. The van der Waals surface area contributed by atoms with E-state index in [4.69, 9.17) is 14.2 Å². The number of aryl methyl sites for hydroxylation is 1. The van der Waals surface area contributed by atoms with Crippen LogP contribution < -0.4 is 14.2 Å². The van der Waals surface area contributed by atoms with Gasteiger partial charge in [0.05, 0.1) is 47.3 Å². The first kappa shape index (κ1) is 39.1. The van der Waals surface area contributed by atoms with Crippen molar-refractivity contribution in [1.29, 1.82) is 0 Å². The normalized spacial score (nSPS) is 20.4. The summed E-state index contributed by atoms with van der Waals surface area (Å²) in [6, 6.07) is 16.5. The van der Waals surface area contributed by atoms with Gasteiger partial charge in [0.15, 0.2) is 0 Å². The number of carbonyl (C=O) groups is 1. The molecule has 14 heteroatoms. The Morgan fingerprint density at radius 1 is 1.00 bits per heavy atom. The maximum Gasteiger partial charge on any atom is 0.261 e. The molecule has 50 heavy (non-hydrogen) atoms. The number of hydrogen-bond acceptors (Lipinski definition) is 9. The lowest BCUT2D eigenvalue weighted by Crippen LogP contribution is -2.48. The molecule has 1 aliphatic heterocycles. The van der Waals surface area contributed by atoms with Gasteiger partial charge in [0.1, 0.15) is 11.5 Å². The van der Waals surface area contributed by atoms with Crippen LogP contribution >= 0.6 is 0 Å². The maximum atomic E-state index is 14.4. The Kier molecular flexibility index (Phi) is 13.3. The standard InChI is InChI=1S/C36H49N3O9S2/c1-25-10-15-32(16-11-25)50(44,45)38(5)23-35-26(2)22-39(27(3)24-40)36(41)33-21-29(12-19-34(33)48-28(4)9-7-8-20-47-35)37-49(42,43)31-17-13-30(46-6)14-18-31/h10-19,21,26-28,35,37,40H,7-9,20,22-24H2,1-6H3/t26-,27-,28-,35+/m0/s1. The second kappa shape index (κ2) is 17.0. The minimum atomic E-state index is -4.02. The van der Waals surface area contributed by atoms with Crippen molar-refractivity contribution in [3.8, 4) is 11.5 Å². The van der Waals surface area contributed by atoms with E-state index in [0.29, 0.717) is 25.2 Å². The van der Waals surface area contributed by atoms with Crippen molar-refractivity contribution in [3.05, 3.63) is 77.9 Å². The highest BCUT2D eigenvalue weighted by atomic mass is 32.2. The number of hydrogen-bond donors (Lipinski definition) is 2. The number of fused-ring (bicyclic) bond motifs is 1. The van der Waals surface area contributed by atoms with Crippen LogP contribution in [0.25, 0.3) is 0 Å². The summed E-state index contributed by atoms with van der Waals surface area (Å²) in [5, 5.41) is 10.2. The van der Waals surface area contributed by atoms with Crippen LogP contribution in [0.2, 0.25) is 0 Å². The molecule has 3 aromatic carbocycles. The smallest absolute Gasteiger partial charge is 0.261 e. The van der Waals surface area contributed by atoms with Gasteiger partial charge < -0.3 is 24.2 Å². The molecule has 1 heterocycles. The summed E-state index contributed by atoms with van der Waals surface area (Å²) < 4.78 is 75.0. The Hall–Kier alpha value is -3.69. The number of ether oxygens (including phenoxy) is 3. The molecule has 12 nitrogen and oxygen atoms in total. The number of aliphatic hydroxyl groups excluding tert-OH is 1. The van der Waals surface area contributed by atoms with Gasteiger partial charge in [-0.15, -0.1) is 0 Å². The highest BCUT2D eigenvalue weighted by Crippen LogP contribution is 2.30. The summed E-state index contributed by atoms with van der Waals surface area (Å²) in [5.41, 5.74) is 1.22. The number of amides is 1. The molecule has 3 aromatic rings. The van der Waals surface area contributed by atoms with Crippen molar-refractivity contribution in [1.82, 2.24) is 9.21 Å². The Morgan fingerprint density at radius 3 is 2.30 bits per heavy atom. The van der Waals surface area contributed by atoms with E-state index < -0.39 is 38.1 Å². The summed E-state index contributed by atoms with van der Waals surface area (Å²) in [6.45, 7) is 7.56. The minimum absolute atomic E-state index is 0.0133. The molecule has 274 valence electrons. The minimum Gasteiger partial charge on any atom is -0.497 e. The van der Waals surface area contributed by atoms with E-state index in [2.05, 4.69) is 4.72 Å². The molecule has 2 N–H and O–H groups in total. The van der Waals surface area contributed by atoms with Crippen molar-refractivity contribution < 1.29 is 40.9 Å². The van der Waals surface area contributed by atoms with Crippen molar-refractivity contribution in [2.24, 2.45) is 5.92 Å². The van der Waals surface area contributed by atoms with Gasteiger partial charge >= 0.3 is 0 Å². The largest absolute Gasteiger partial charge is 0.497 e. The van der Waals surface area contributed by atoms with Gasteiger partial charge in [-0.2, -0.15) is 4.31 Å². The van der Waals surface area contributed by atoms with E-state index in [1.807, 2.05) is 20.8 Å². The van der Waals surface area contributed by atoms with Gasteiger partial charge in [0, 0.05) is 38.3 Å². The third kappa shape index (κ3) is 9.75. The van der Waals surface area contributed by atoms with Crippen LogP contribution in [0.4, 0.5) is 5.69 Å². The number of nitrogens with zero attached hydrogens (tertiary/aromatic N) is 2. The van der Waals surface area contributed by atoms with Crippen molar-refractivity contribution in [3.63, 3.8) is 0 Å². The van der Waals surface area contributed by atoms with Gasteiger partial charge in [-0.25, -0.2) is 16.8 Å². The molecule has 0 aromatic heterocycles. The number of nitrogens with one attached hydrogen (secondary N) is 1. The summed E-state index contributed by atoms with van der Waals surface area (Å²) in [6.07, 6.45) is 1.26. The van der Waals surface area contributed by atoms with E-state index in [0.717, 1.165) is 12.0 Å². The lowest BCUT2D eigenvalue weighted by molar-refractivity contribution is -0.00833. The molecule has 4 atom stereocenters. The number of sulfonamides is 2. The third-order valence-electron chi connectivity index (χ3n) is 8.84. The molecule has 0 aliphatic carbocycles. The zero-order valence-corrected chi connectivity index (χ0v) is 31.2. The molecule has 0 spiro atoms. The summed E-state index contributed by atoms with van der Waals surface area (Å²) in [4.78, 5) is 16.1. The monoisotopic (exact) mass is 731 g/mol. The van der Waals surface area contributed by atoms with Gasteiger partial charge in [0.2, 0.25) is 10.0 Å². The highest BCUT2D eigenvalue weighted by molar-refractivity contribution is 7.92. The Labute approximate surface area is 296 Å². The topological polar surface area (TPSA) is 152 Å². The van der Waals surface area contributed by atoms with E-state index >= 15 is 0 Å². The molecule has 0 saturated carbocycles. The van der Waals surface area contributed by atoms with Crippen LogP contribution in [-0.4, -0.2) is 95.8 Å². The van der Waals surface area contributed by atoms with E-state index in [1.165, 1.54) is 41.6 Å². The van der Waals surface area contributed by atoms with Crippen LogP contribution in [0.3, 0.4) is 0 Å². The number of aliphatic hydroxyl groups is 1. The van der Waals surface area contributed by atoms with Gasteiger partial charge in [-0.05, 0) is 94.6 Å². The SMILES string of the molecule is COc1ccc(S(=O)(=O)Nc2ccc3c(c2)C(=O)N([C@@H](C)CO)C[C@H](C)[C@@H](CN(C)S(=O)(=O)c2ccc(C)cc2)OCCCC[C@H](C)O3)cc1. The molecule has 0 saturated heterocycles.